The van der Waals surface area contributed by atoms with Crippen molar-refractivity contribution in [1.82, 2.24) is 0 Å². The van der Waals surface area contributed by atoms with Gasteiger partial charge >= 0.3 is 8.80 Å². The first kappa shape index (κ1) is 24.9. The Morgan fingerprint density at radius 2 is 1.39 bits per heavy atom. The molecule has 0 aromatic heterocycles. The molecule has 31 heavy (non-hydrogen) atoms. The summed E-state index contributed by atoms with van der Waals surface area (Å²) in [5.74, 6) is -0.606. The van der Waals surface area contributed by atoms with Gasteiger partial charge in [-0.1, -0.05) is 12.1 Å². The number of hydrogen-bond donors (Lipinski definition) is 0. The highest BCUT2D eigenvalue weighted by molar-refractivity contribution is 6.65. The van der Waals surface area contributed by atoms with Crippen LogP contribution < -0.4 is 4.74 Å². The molecule has 0 N–H and O–H groups in total. The zero-order valence-electron chi connectivity index (χ0n) is 18.7. The first-order valence-electron chi connectivity index (χ1n) is 10.6. The van der Waals surface area contributed by atoms with Gasteiger partial charge in [-0.3, -0.25) is 14.4 Å². The van der Waals surface area contributed by atoms with Gasteiger partial charge in [-0.2, -0.15) is 0 Å². The lowest BCUT2D eigenvalue weighted by molar-refractivity contribution is -0.147. The molecule has 0 heterocycles. The van der Waals surface area contributed by atoms with E-state index < -0.39 is 26.7 Å². The second-order valence-corrected chi connectivity index (χ2v) is 10.2. The Morgan fingerprint density at radius 3 is 1.84 bits per heavy atom. The zero-order valence-corrected chi connectivity index (χ0v) is 19.7. The summed E-state index contributed by atoms with van der Waals surface area (Å²) in [5, 5.41) is 0. The van der Waals surface area contributed by atoms with Crippen LogP contribution in [0, 0.1) is 0 Å². The maximum Gasteiger partial charge on any atom is 0.705 e. The van der Waals surface area contributed by atoms with Crippen LogP contribution in [-0.4, -0.2) is 46.5 Å². The van der Waals surface area contributed by atoms with Gasteiger partial charge in [0, 0.05) is 27.4 Å². The van der Waals surface area contributed by atoms with Crippen molar-refractivity contribution in [3.05, 3.63) is 29.8 Å². The van der Waals surface area contributed by atoms with Crippen LogP contribution in [0.5, 0.6) is 5.75 Å². The van der Waals surface area contributed by atoms with Crippen molar-refractivity contribution in [2.75, 3.05) is 13.7 Å². The minimum Gasteiger partial charge on any atom is -0.497 e. The van der Waals surface area contributed by atoms with Gasteiger partial charge in [-0.25, -0.2) is 0 Å². The minimum atomic E-state index is -3.77. The number of carbonyl (C=O) groups excluding carboxylic acids is 3. The average molecular weight is 453 g/mol. The summed E-state index contributed by atoms with van der Waals surface area (Å²) < 4.78 is 26.8. The number of carbonyl (C=O) groups is 3. The molecule has 172 valence electrons. The van der Waals surface area contributed by atoms with Gasteiger partial charge < -0.3 is 22.8 Å². The first-order valence-corrected chi connectivity index (χ1v) is 12.5. The normalized spacial score (nSPS) is 18.7. The van der Waals surface area contributed by atoms with E-state index in [4.69, 9.17) is 22.8 Å². The molecule has 1 aromatic rings. The maximum atomic E-state index is 11.5. The lowest BCUT2D eigenvalue weighted by Crippen LogP contribution is -2.49. The van der Waals surface area contributed by atoms with Gasteiger partial charge in [-0.15, -0.1) is 0 Å². The Kier molecular flexibility index (Phi) is 9.51. The van der Waals surface area contributed by atoms with E-state index in [9.17, 15) is 14.4 Å². The predicted octanol–water partition coefficient (Wildman–Crippen LogP) is 3.76. The number of ether oxygens (including phenoxy) is 2. The van der Waals surface area contributed by atoms with Crippen molar-refractivity contribution in [3.8, 4) is 5.75 Å². The summed E-state index contributed by atoms with van der Waals surface area (Å²) in [5.41, 5.74) is 1.32. The molecule has 0 radical (unpaired) electrons. The van der Waals surface area contributed by atoms with Crippen LogP contribution in [0.4, 0.5) is 0 Å². The van der Waals surface area contributed by atoms with Crippen molar-refractivity contribution in [1.29, 1.82) is 0 Å². The molecule has 0 atom stereocenters. The van der Waals surface area contributed by atoms with Gasteiger partial charge in [0.2, 0.25) is 0 Å². The van der Waals surface area contributed by atoms with Crippen molar-refractivity contribution in [2.24, 2.45) is 0 Å². The van der Waals surface area contributed by atoms with E-state index in [0.29, 0.717) is 18.9 Å². The smallest absolute Gasteiger partial charge is 0.497 e. The van der Waals surface area contributed by atoms with E-state index in [2.05, 4.69) is 12.1 Å². The summed E-state index contributed by atoms with van der Waals surface area (Å²) in [4.78, 5) is 34.4. The monoisotopic (exact) mass is 452 g/mol. The van der Waals surface area contributed by atoms with Gasteiger partial charge in [0.15, 0.2) is 0 Å². The van der Waals surface area contributed by atoms with Crippen molar-refractivity contribution in [2.45, 2.75) is 70.9 Å². The van der Waals surface area contributed by atoms with E-state index in [0.717, 1.165) is 31.4 Å². The summed E-state index contributed by atoms with van der Waals surface area (Å²) in [6.45, 7) is 3.96. The zero-order chi connectivity index (χ0) is 22.9. The Hall–Kier alpha value is -2.39. The third kappa shape index (κ3) is 8.33. The Labute approximate surface area is 184 Å². The standard InChI is InChI=1S/C22H32O8Si/c1-16(23)28-31(29-17(2)24,30-18(3)25)15-5-14-27-22-12-8-20(9-13-22)19-6-10-21(26-4)11-7-19/h6-7,10-11,20,22H,5,8-9,12-15H2,1-4H3/t20-,22-. The highest BCUT2D eigenvalue weighted by Gasteiger charge is 2.51. The molecule has 1 aromatic carbocycles. The lowest BCUT2D eigenvalue weighted by Gasteiger charge is -2.29. The van der Waals surface area contributed by atoms with Crippen LogP contribution in [0.2, 0.25) is 6.04 Å². The van der Waals surface area contributed by atoms with E-state index in [-0.39, 0.29) is 12.1 Å². The molecule has 1 saturated carbocycles. The van der Waals surface area contributed by atoms with E-state index >= 15 is 0 Å². The fourth-order valence-corrected chi connectivity index (χ4v) is 6.17. The SMILES string of the molecule is COc1ccc([C@H]2CC[C@H](OCCC[Si](OC(C)=O)(OC(C)=O)OC(C)=O)CC2)cc1. The molecular formula is C22H32O8Si. The molecule has 1 aliphatic carbocycles. The lowest BCUT2D eigenvalue weighted by atomic mass is 9.83. The average Bonchev–Trinajstić information content (AvgIpc) is 2.70. The minimum absolute atomic E-state index is 0.132. The number of rotatable bonds is 10. The third-order valence-electron chi connectivity index (χ3n) is 5.14. The first-order chi connectivity index (χ1) is 14.7. The van der Waals surface area contributed by atoms with Crippen LogP contribution in [0.15, 0.2) is 24.3 Å². The number of hydrogen-bond acceptors (Lipinski definition) is 8. The van der Waals surface area contributed by atoms with Crippen LogP contribution in [0.1, 0.15) is 64.4 Å². The van der Waals surface area contributed by atoms with Gasteiger partial charge in [0.25, 0.3) is 17.9 Å². The largest absolute Gasteiger partial charge is 0.705 e. The Balaban J connectivity index is 1.81. The quantitative estimate of drug-likeness (QED) is 0.391. The van der Waals surface area contributed by atoms with E-state index in [1.165, 1.54) is 26.3 Å². The molecule has 1 fully saturated rings. The van der Waals surface area contributed by atoms with Gasteiger partial charge in [0.1, 0.15) is 5.75 Å². The van der Waals surface area contributed by atoms with E-state index in [1.54, 1.807) is 7.11 Å². The summed E-state index contributed by atoms with van der Waals surface area (Å²) in [6.07, 6.45) is 4.60. The molecule has 0 saturated heterocycles. The molecule has 0 unspecified atom stereocenters. The highest BCUT2D eigenvalue weighted by atomic mass is 28.4. The molecular weight excluding hydrogens is 420 g/mol. The van der Waals surface area contributed by atoms with Crippen LogP contribution in [0.25, 0.3) is 0 Å². The second kappa shape index (κ2) is 11.9. The second-order valence-electron chi connectivity index (χ2n) is 7.69. The van der Waals surface area contributed by atoms with Crippen molar-refractivity contribution < 1.29 is 37.1 Å². The topological polar surface area (TPSA) is 97.4 Å². The number of benzene rings is 1. The fourth-order valence-electron chi connectivity index (χ4n) is 3.85. The van der Waals surface area contributed by atoms with Crippen molar-refractivity contribution in [3.63, 3.8) is 0 Å². The third-order valence-corrected chi connectivity index (χ3v) is 7.90. The molecule has 0 amide bonds. The molecule has 0 spiro atoms. The van der Waals surface area contributed by atoms with Crippen LogP contribution in [0.3, 0.4) is 0 Å². The maximum absolute atomic E-state index is 11.5. The number of methoxy groups -OCH3 is 1. The van der Waals surface area contributed by atoms with Gasteiger partial charge in [0.05, 0.1) is 19.3 Å². The van der Waals surface area contributed by atoms with E-state index in [1.807, 2.05) is 12.1 Å². The summed E-state index contributed by atoms with van der Waals surface area (Å²) >= 11 is 0. The highest BCUT2D eigenvalue weighted by Crippen LogP contribution is 2.34. The van der Waals surface area contributed by atoms with Crippen molar-refractivity contribution >= 4 is 26.7 Å². The summed E-state index contributed by atoms with van der Waals surface area (Å²) in [7, 11) is -2.11. The predicted molar refractivity (Wildman–Crippen MR) is 114 cm³/mol. The molecule has 0 aliphatic heterocycles. The molecule has 0 bridgehead atoms. The molecule has 2 rings (SSSR count). The van der Waals surface area contributed by atoms with Crippen LogP contribution in [-0.2, 0) is 32.4 Å². The van der Waals surface area contributed by atoms with Crippen LogP contribution >= 0.6 is 0 Å². The molecule has 8 nitrogen and oxygen atoms in total. The Morgan fingerprint density at radius 1 is 0.871 bits per heavy atom. The van der Waals surface area contributed by atoms with Gasteiger partial charge in [-0.05, 0) is 55.7 Å². The Bertz CT molecular complexity index is 700. The summed E-state index contributed by atoms with van der Waals surface area (Å²) in [6, 6.07) is 8.35. The molecule has 9 heteroatoms. The molecule has 1 aliphatic rings. The fraction of sp³-hybridized carbons (Fsp3) is 0.591.